The van der Waals surface area contributed by atoms with Gasteiger partial charge in [0.05, 0.1) is 13.2 Å². The van der Waals surface area contributed by atoms with E-state index in [1.807, 2.05) is 11.8 Å². The summed E-state index contributed by atoms with van der Waals surface area (Å²) in [4.78, 5) is 1.34. The summed E-state index contributed by atoms with van der Waals surface area (Å²) in [5.41, 5.74) is 0. The Kier molecular flexibility index (Phi) is 8.89. The van der Waals surface area contributed by atoms with Crippen LogP contribution >= 0.6 is 40.1 Å². The second kappa shape index (κ2) is 10.4. The van der Waals surface area contributed by atoms with E-state index in [1.165, 1.54) is 24.2 Å². The molecule has 1 aliphatic heterocycles. The molecule has 0 radical (unpaired) electrons. The van der Waals surface area contributed by atoms with Crippen LogP contribution in [0.5, 0.6) is 0 Å². The van der Waals surface area contributed by atoms with E-state index in [9.17, 15) is 0 Å². The molecule has 4 unspecified atom stereocenters. The standard InChI is InChI=1S/C18H27BrN2OS.ClH/c1-13(23-15-7-5-14(19)6-8-15)11-21-17-4-2-3-16(17)18-12-22-10-9-20-18;/h5-8,13,16-18,20-21H,2-4,9-12H2,1H3;1H. The minimum atomic E-state index is 0. The van der Waals surface area contributed by atoms with Crippen LogP contribution in [0.1, 0.15) is 26.2 Å². The van der Waals surface area contributed by atoms with E-state index >= 15 is 0 Å². The Hall–Kier alpha value is 0.220. The minimum Gasteiger partial charge on any atom is -0.379 e. The monoisotopic (exact) mass is 434 g/mol. The lowest BCUT2D eigenvalue weighted by atomic mass is 9.94. The van der Waals surface area contributed by atoms with Crippen LogP contribution in [0.3, 0.4) is 0 Å². The molecule has 1 saturated carbocycles. The van der Waals surface area contributed by atoms with E-state index in [-0.39, 0.29) is 12.4 Å². The van der Waals surface area contributed by atoms with Crippen molar-refractivity contribution < 1.29 is 4.74 Å². The van der Waals surface area contributed by atoms with Gasteiger partial charge in [0, 0.05) is 39.8 Å². The van der Waals surface area contributed by atoms with E-state index in [0.717, 1.165) is 36.7 Å². The number of rotatable bonds is 6. The Bertz CT molecular complexity index is 484. The van der Waals surface area contributed by atoms with Crippen molar-refractivity contribution in [1.29, 1.82) is 0 Å². The molecule has 136 valence electrons. The van der Waals surface area contributed by atoms with Gasteiger partial charge in [-0.25, -0.2) is 0 Å². The Balaban J connectivity index is 0.00000208. The van der Waals surface area contributed by atoms with Crippen molar-refractivity contribution in [1.82, 2.24) is 10.6 Å². The topological polar surface area (TPSA) is 33.3 Å². The van der Waals surface area contributed by atoms with Crippen molar-refractivity contribution in [3.05, 3.63) is 28.7 Å². The molecule has 1 saturated heterocycles. The maximum atomic E-state index is 5.66. The SMILES string of the molecule is CC(CNC1CCCC1C1COCCN1)Sc1ccc(Br)cc1.Cl. The highest BCUT2D eigenvalue weighted by Crippen LogP contribution is 2.30. The molecule has 1 aromatic rings. The highest BCUT2D eigenvalue weighted by molar-refractivity contribution is 9.10. The van der Waals surface area contributed by atoms with Gasteiger partial charge in [0.25, 0.3) is 0 Å². The number of hydrogen-bond donors (Lipinski definition) is 2. The molecule has 3 rings (SSSR count). The van der Waals surface area contributed by atoms with Gasteiger partial charge in [-0.15, -0.1) is 24.2 Å². The van der Waals surface area contributed by atoms with Gasteiger partial charge in [-0.05, 0) is 43.0 Å². The highest BCUT2D eigenvalue weighted by atomic mass is 79.9. The number of ether oxygens (including phenoxy) is 1. The zero-order valence-corrected chi connectivity index (χ0v) is 17.4. The normalized spacial score (nSPS) is 28.3. The summed E-state index contributed by atoms with van der Waals surface area (Å²) in [7, 11) is 0. The van der Waals surface area contributed by atoms with E-state index < -0.39 is 0 Å². The minimum absolute atomic E-state index is 0. The van der Waals surface area contributed by atoms with Crippen molar-refractivity contribution in [3.8, 4) is 0 Å². The molecule has 3 nitrogen and oxygen atoms in total. The zero-order chi connectivity index (χ0) is 16.1. The highest BCUT2D eigenvalue weighted by Gasteiger charge is 2.34. The van der Waals surface area contributed by atoms with Gasteiger partial charge in [0.1, 0.15) is 0 Å². The molecular weight excluding hydrogens is 408 g/mol. The Morgan fingerprint density at radius 1 is 1.33 bits per heavy atom. The molecule has 0 spiro atoms. The van der Waals surface area contributed by atoms with Gasteiger partial charge in [-0.2, -0.15) is 0 Å². The Labute approximate surface area is 164 Å². The fraction of sp³-hybridized carbons (Fsp3) is 0.667. The van der Waals surface area contributed by atoms with Crippen LogP contribution in [0.4, 0.5) is 0 Å². The van der Waals surface area contributed by atoms with Crippen LogP contribution < -0.4 is 10.6 Å². The van der Waals surface area contributed by atoms with Crippen LogP contribution in [-0.2, 0) is 4.74 Å². The molecule has 1 aromatic carbocycles. The average molecular weight is 436 g/mol. The third-order valence-electron chi connectivity index (χ3n) is 4.85. The molecule has 0 aromatic heterocycles. The van der Waals surface area contributed by atoms with E-state index in [2.05, 4.69) is 57.8 Å². The first kappa shape index (κ1) is 20.5. The lowest BCUT2D eigenvalue weighted by Crippen LogP contribution is -2.51. The van der Waals surface area contributed by atoms with Crippen LogP contribution in [0, 0.1) is 5.92 Å². The first-order chi connectivity index (χ1) is 11.2. The summed E-state index contributed by atoms with van der Waals surface area (Å²) < 4.78 is 6.80. The molecule has 24 heavy (non-hydrogen) atoms. The maximum Gasteiger partial charge on any atom is 0.0623 e. The average Bonchev–Trinajstić information content (AvgIpc) is 3.04. The van der Waals surface area contributed by atoms with Crippen molar-refractivity contribution in [2.75, 3.05) is 26.3 Å². The molecule has 1 aliphatic carbocycles. The van der Waals surface area contributed by atoms with Gasteiger partial charge in [-0.3, -0.25) is 0 Å². The molecule has 2 fully saturated rings. The largest absolute Gasteiger partial charge is 0.379 e. The van der Waals surface area contributed by atoms with Crippen molar-refractivity contribution in [2.45, 2.75) is 48.4 Å². The summed E-state index contributed by atoms with van der Waals surface area (Å²) in [5.74, 6) is 0.722. The van der Waals surface area contributed by atoms with E-state index in [0.29, 0.717) is 17.3 Å². The van der Waals surface area contributed by atoms with Crippen molar-refractivity contribution in [2.24, 2.45) is 5.92 Å². The predicted octanol–water partition coefficient (Wildman–Crippen LogP) is 4.10. The van der Waals surface area contributed by atoms with E-state index in [4.69, 9.17) is 4.74 Å². The predicted molar refractivity (Wildman–Crippen MR) is 108 cm³/mol. The molecule has 6 heteroatoms. The third kappa shape index (κ3) is 5.89. The maximum absolute atomic E-state index is 5.66. The second-order valence-corrected chi connectivity index (χ2v) is 9.05. The molecular formula is C18H28BrClN2OS. The molecule has 0 amide bonds. The van der Waals surface area contributed by atoms with Gasteiger partial charge < -0.3 is 15.4 Å². The number of benzene rings is 1. The molecule has 0 bridgehead atoms. The fourth-order valence-electron chi connectivity index (χ4n) is 3.69. The van der Waals surface area contributed by atoms with Gasteiger partial charge in [-0.1, -0.05) is 29.3 Å². The zero-order valence-electron chi connectivity index (χ0n) is 14.2. The Morgan fingerprint density at radius 2 is 2.12 bits per heavy atom. The molecule has 2 N–H and O–H groups in total. The Morgan fingerprint density at radius 3 is 2.83 bits per heavy atom. The molecule has 1 heterocycles. The van der Waals surface area contributed by atoms with Crippen molar-refractivity contribution >= 4 is 40.1 Å². The smallest absolute Gasteiger partial charge is 0.0623 e. The summed E-state index contributed by atoms with van der Waals surface area (Å²) in [5, 5.41) is 8.06. The number of morpholine rings is 1. The van der Waals surface area contributed by atoms with Crippen molar-refractivity contribution in [3.63, 3.8) is 0 Å². The first-order valence-electron chi connectivity index (χ1n) is 8.69. The fourth-order valence-corrected chi connectivity index (χ4v) is 4.89. The quantitative estimate of drug-likeness (QED) is 0.659. The van der Waals surface area contributed by atoms with Gasteiger partial charge in [0.15, 0.2) is 0 Å². The number of hydrogen-bond acceptors (Lipinski definition) is 4. The van der Waals surface area contributed by atoms with Crippen LogP contribution in [-0.4, -0.2) is 43.6 Å². The second-order valence-electron chi connectivity index (χ2n) is 6.63. The number of thioether (sulfide) groups is 1. The van der Waals surface area contributed by atoms with Gasteiger partial charge in [0.2, 0.25) is 0 Å². The summed E-state index contributed by atoms with van der Waals surface area (Å²) >= 11 is 5.44. The van der Waals surface area contributed by atoms with Gasteiger partial charge >= 0.3 is 0 Å². The third-order valence-corrected chi connectivity index (χ3v) is 6.50. The lowest BCUT2D eigenvalue weighted by molar-refractivity contribution is 0.0526. The van der Waals surface area contributed by atoms with Crippen LogP contribution in [0.2, 0.25) is 0 Å². The summed E-state index contributed by atoms with van der Waals surface area (Å²) in [6.45, 7) is 6.12. The summed E-state index contributed by atoms with van der Waals surface area (Å²) in [6, 6.07) is 9.79. The lowest BCUT2D eigenvalue weighted by Gasteiger charge is -2.33. The first-order valence-corrected chi connectivity index (χ1v) is 10.4. The molecule has 4 atom stereocenters. The number of nitrogens with one attached hydrogen (secondary N) is 2. The summed E-state index contributed by atoms with van der Waals surface area (Å²) in [6.07, 6.45) is 3.97. The number of halogens is 2. The molecule has 2 aliphatic rings. The van der Waals surface area contributed by atoms with Crippen LogP contribution in [0.15, 0.2) is 33.6 Å². The van der Waals surface area contributed by atoms with E-state index in [1.54, 1.807) is 0 Å². The van der Waals surface area contributed by atoms with Crippen LogP contribution in [0.25, 0.3) is 0 Å².